The number of amides is 1. The number of nitrogens with zero attached hydrogens (tertiary/aromatic N) is 2. The minimum absolute atomic E-state index is 0.0106. The summed E-state index contributed by atoms with van der Waals surface area (Å²) in [7, 11) is 3.19. The summed E-state index contributed by atoms with van der Waals surface area (Å²) in [5.74, 6) is 1.25. The Bertz CT molecular complexity index is 949. The van der Waals surface area contributed by atoms with Crippen LogP contribution in [-0.4, -0.2) is 55.1 Å². The van der Waals surface area contributed by atoms with Crippen LogP contribution in [0.15, 0.2) is 46.9 Å². The van der Waals surface area contributed by atoms with E-state index >= 15 is 0 Å². The average molecular weight is 508 g/mol. The number of methoxy groups -OCH3 is 2. The Hall–Kier alpha value is -2.02. The molecule has 0 aliphatic carbocycles. The molecule has 166 valence electrons. The van der Waals surface area contributed by atoms with Gasteiger partial charge in [-0.25, -0.2) is 0 Å². The summed E-state index contributed by atoms with van der Waals surface area (Å²) in [4.78, 5) is 17.3. The van der Waals surface area contributed by atoms with Gasteiger partial charge in [0.15, 0.2) is 11.5 Å². The van der Waals surface area contributed by atoms with E-state index in [0.717, 1.165) is 28.1 Å². The highest BCUT2D eigenvalue weighted by atomic mass is 79.9. The van der Waals surface area contributed by atoms with E-state index in [4.69, 9.17) is 21.1 Å². The molecule has 1 saturated heterocycles. The molecule has 7 heteroatoms. The Morgan fingerprint density at radius 2 is 1.84 bits per heavy atom. The number of hydrogen-bond acceptors (Lipinski definition) is 4. The number of halogens is 2. The molecule has 1 aliphatic heterocycles. The second-order valence-corrected chi connectivity index (χ2v) is 9.11. The van der Waals surface area contributed by atoms with Gasteiger partial charge in [0.2, 0.25) is 5.91 Å². The van der Waals surface area contributed by atoms with Crippen molar-refractivity contribution in [1.29, 1.82) is 0 Å². The normalized spacial score (nSPS) is 19.6. The number of carbonyl (C=O) groups excluding carboxylic acids is 1. The maximum absolute atomic E-state index is 12.9. The fourth-order valence-electron chi connectivity index (χ4n) is 3.85. The van der Waals surface area contributed by atoms with Crippen LogP contribution in [0.3, 0.4) is 0 Å². The highest BCUT2D eigenvalue weighted by Crippen LogP contribution is 2.36. The monoisotopic (exact) mass is 506 g/mol. The Balaban J connectivity index is 1.66. The van der Waals surface area contributed by atoms with Crippen molar-refractivity contribution in [2.45, 2.75) is 32.5 Å². The highest BCUT2D eigenvalue weighted by Gasteiger charge is 2.31. The summed E-state index contributed by atoms with van der Waals surface area (Å²) in [6, 6.07) is 12.1. The lowest BCUT2D eigenvalue weighted by molar-refractivity contribution is -0.131. The molecule has 2 atom stereocenters. The van der Waals surface area contributed by atoms with Crippen molar-refractivity contribution in [3.8, 4) is 11.5 Å². The molecular formula is C24H28BrClN2O3. The molecule has 0 bridgehead atoms. The minimum atomic E-state index is 0.0106. The summed E-state index contributed by atoms with van der Waals surface area (Å²) >= 11 is 9.49. The molecule has 5 nitrogen and oxygen atoms in total. The third-order valence-electron chi connectivity index (χ3n) is 5.57. The Morgan fingerprint density at radius 1 is 1.13 bits per heavy atom. The van der Waals surface area contributed by atoms with Gasteiger partial charge in [-0.1, -0.05) is 23.7 Å². The number of hydrogen-bond donors (Lipinski definition) is 0. The quantitative estimate of drug-likeness (QED) is 0.501. The second-order valence-electron chi connectivity index (χ2n) is 7.82. The molecule has 1 heterocycles. The maximum Gasteiger partial charge on any atom is 0.246 e. The first-order valence-electron chi connectivity index (χ1n) is 10.2. The Morgan fingerprint density at radius 3 is 2.48 bits per heavy atom. The van der Waals surface area contributed by atoms with E-state index in [1.54, 1.807) is 20.3 Å². The largest absolute Gasteiger partial charge is 0.493 e. The summed E-state index contributed by atoms with van der Waals surface area (Å²) in [6.45, 7) is 6.62. The van der Waals surface area contributed by atoms with Crippen LogP contribution >= 0.6 is 27.5 Å². The van der Waals surface area contributed by atoms with Gasteiger partial charge < -0.3 is 14.4 Å². The number of ether oxygens (including phenoxy) is 2. The van der Waals surface area contributed by atoms with Gasteiger partial charge in [0, 0.05) is 42.8 Å². The van der Waals surface area contributed by atoms with Crippen molar-refractivity contribution in [2.24, 2.45) is 0 Å². The van der Waals surface area contributed by atoms with Crippen molar-refractivity contribution in [3.05, 3.63) is 63.1 Å². The summed E-state index contributed by atoms with van der Waals surface area (Å²) in [6.07, 6.45) is 3.44. The first kappa shape index (κ1) is 23.6. The van der Waals surface area contributed by atoms with E-state index in [2.05, 4.69) is 46.8 Å². The predicted molar refractivity (Wildman–Crippen MR) is 129 cm³/mol. The fraction of sp³-hybridized carbons (Fsp3) is 0.375. The van der Waals surface area contributed by atoms with Gasteiger partial charge in [-0.05, 0) is 71.2 Å². The van der Waals surface area contributed by atoms with Gasteiger partial charge in [0.1, 0.15) is 0 Å². The van der Waals surface area contributed by atoms with Crippen molar-refractivity contribution < 1.29 is 14.3 Å². The van der Waals surface area contributed by atoms with Gasteiger partial charge in [0.25, 0.3) is 0 Å². The third kappa shape index (κ3) is 5.82. The van der Waals surface area contributed by atoms with Crippen molar-refractivity contribution in [2.75, 3.05) is 27.3 Å². The number of piperazine rings is 1. The average Bonchev–Trinajstić information content (AvgIpc) is 2.75. The molecule has 1 aliphatic rings. The zero-order valence-electron chi connectivity index (χ0n) is 18.3. The number of carbonyl (C=O) groups is 1. The lowest BCUT2D eigenvalue weighted by Crippen LogP contribution is -2.57. The predicted octanol–water partition coefficient (Wildman–Crippen LogP) is 5.25. The van der Waals surface area contributed by atoms with Crippen LogP contribution in [0.2, 0.25) is 5.02 Å². The molecule has 0 spiro atoms. The molecule has 1 fully saturated rings. The van der Waals surface area contributed by atoms with E-state index in [-0.39, 0.29) is 18.0 Å². The van der Waals surface area contributed by atoms with Gasteiger partial charge in [-0.3, -0.25) is 9.69 Å². The van der Waals surface area contributed by atoms with Gasteiger partial charge in [-0.15, -0.1) is 0 Å². The van der Waals surface area contributed by atoms with Crippen molar-refractivity contribution in [3.63, 3.8) is 0 Å². The Kier molecular flexibility index (Phi) is 8.03. The molecule has 2 aromatic rings. The summed E-state index contributed by atoms with van der Waals surface area (Å²) in [5.41, 5.74) is 2.09. The van der Waals surface area contributed by atoms with Gasteiger partial charge in [0.05, 0.1) is 18.7 Å². The molecule has 3 rings (SSSR count). The number of rotatable bonds is 6. The van der Waals surface area contributed by atoms with Crippen LogP contribution in [-0.2, 0) is 11.3 Å². The molecule has 2 aromatic carbocycles. The van der Waals surface area contributed by atoms with Crippen LogP contribution in [0.1, 0.15) is 25.0 Å². The van der Waals surface area contributed by atoms with Crippen molar-refractivity contribution in [1.82, 2.24) is 9.80 Å². The molecule has 1 amide bonds. The topological polar surface area (TPSA) is 42.0 Å². The van der Waals surface area contributed by atoms with E-state index in [1.807, 2.05) is 35.2 Å². The molecule has 0 N–H and O–H groups in total. The first-order valence-corrected chi connectivity index (χ1v) is 11.4. The van der Waals surface area contributed by atoms with Crippen LogP contribution in [0, 0.1) is 0 Å². The number of benzene rings is 2. The lowest BCUT2D eigenvalue weighted by atomic mass is 10.1. The molecule has 31 heavy (non-hydrogen) atoms. The third-order valence-corrected chi connectivity index (χ3v) is 6.41. The fourth-order valence-corrected chi connectivity index (χ4v) is 4.59. The van der Waals surface area contributed by atoms with E-state index in [0.29, 0.717) is 18.0 Å². The van der Waals surface area contributed by atoms with Crippen LogP contribution in [0.4, 0.5) is 0 Å². The molecular weight excluding hydrogens is 480 g/mol. The van der Waals surface area contributed by atoms with Crippen LogP contribution in [0.25, 0.3) is 6.08 Å². The zero-order valence-corrected chi connectivity index (χ0v) is 20.6. The standard InChI is InChI=1S/C24H28BrClN2O3/c1-16-14-28(17(2)13-27(16)15-18-5-8-20(26)9-6-18)23(29)10-7-19-11-21(25)24(31-4)22(12-19)30-3/h5-12,16-17H,13-15H2,1-4H3/t16-,17+/m0/s1. The molecule has 0 aromatic heterocycles. The van der Waals surface area contributed by atoms with Gasteiger partial charge >= 0.3 is 0 Å². The van der Waals surface area contributed by atoms with Crippen LogP contribution in [0.5, 0.6) is 11.5 Å². The van der Waals surface area contributed by atoms with E-state index < -0.39 is 0 Å². The summed E-state index contributed by atoms with van der Waals surface area (Å²) < 4.78 is 11.5. The van der Waals surface area contributed by atoms with Crippen molar-refractivity contribution >= 4 is 39.5 Å². The minimum Gasteiger partial charge on any atom is -0.493 e. The van der Waals surface area contributed by atoms with E-state index in [1.165, 1.54) is 5.56 Å². The SMILES string of the molecule is COc1cc(C=CC(=O)N2C[C@H](C)N(Cc3ccc(Cl)cc3)C[C@H]2C)cc(Br)c1OC. The Labute approximate surface area is 197 Å². The van der Waals surface area contributed by atoms with Crippen LogP contribution < -0.4 is 9.47 Å². The molecule has 0 unspecified atom stereocenters. The van der Waals surface area contributed by atoms with E-state index in [9.17, 15) is 4.79 Å². The first-order chi connectivity index (χ1) is 14.8. The maximum atomic E-state index is 12.9. The zero-order chi connectivity index (χ0) is 22.5. The lowest BCUT2D eigenvalue weighted by Gasteiger charge is -2.44. The smallest absolute Gasteiger partial charge is 0.246 e. The second kappa shape index (κ2) is 10.5. The summed E-state index contributed by atoms with van der Waals surface area (Å²) in [5, 5.41) is 0.744. The molecule has 0 radical (unpaired) electrons. The molecule has 0 saturated carbocycles. The highest BCUT2D eigenvalue weighted by molar-refractivity contribution is 9.10. The van der Waals surface area contributed by atoms with Gasteiger partial charge in [-0.2, -0.15) is 0 Å².